The predicted molar refractivity (Wildman–Crippen MR) is 79.5 cm³/mol. The highest BCUT2D eigenvalue weighted by molar-refractivity contribution is 7.89. The standard InChI is InChI=1S/C14H23NO4S/c1-3-18-13-6-4-5-7-14(13)19-10-8-12(2)9-11-20(15,16)17/h4-7,12H,3,8-11H2,1-2H3,(H2,15,16,17). The van der Waals surface area contributed by atoms with Gasteiger partial charge in [-0.1, -0.05) is 19.1 Å². The molecular weight excluding hydrogens is 278 g/mol. The van der Waals surface area contributed by atoms with Crippen molar-refractivity contribution in [2.45, 2.75) is 26.7 Å². The monoisotopic (exact) mass is 301 g/mol. The molecule has 0 amide bonds. The number of para-hydroxylation sites is 2. The summed E-state index contributed by atoms with van der Waals surface area (Å²) in [5.74, 6) is 1.71. The van der Waals surface area contributed by atoms with Crippen molar-refractivity contribution < 1.29 is 17.9 Å². The van der Waals surface area contributed by atoms with Gasteiger partial charge in [-0.15, -0.1) is 0 Å². The molecular formula is C14H23NO4S. The molecule has 0 heterocycles. The number of ether oxygens (including phenoxy) is 2. The molecule has 1 aromatic rings. The van der Waals surface area contributed by atoms with E-state index < -0.39 is 10.0 Å². The van der Waals surface area contributed by atoms with E-state index in [0.29, 0.717) is 25.4 Å². The maximum absolute atomic E-state index is 10.9. The predicted octanol–water partition coefficient (Wildman–Crippen LogP) is 2.17. The zero-order valence-corrected chi connectivity index (χ0v) is 12.9. The fourth-order valence-corrected chi connectivity index (χ4v) is 2.45. The molecule has 0 radical (unpaired) electrons. The Labute approximate surface area is 121 Å². The molecule has 6 heteroatoms. The number of sulfonamides is 1. The summed E-state index contributed by atoms with van der Waals surface area (Å²) in [5.41, 5.74) is 0. The van der Waals surface area contributed by atoms with Crippen LogP contribution < -0.4 is 14.6 Å². The number of nitrogens with two attached hydrogens (primary N) is 1. The molecule has 114 valence electrons. The summed E-state index contributed by atoms with van der Waals surface area (Å²) >= 11 is 0. The minimum atomic E-state index is -3.37. The van der Waals surface area contributed by atoms with E-state index in [0.717, 1.165) is 12.2 Å². The molecule has 2 N–H and O–H groups in total. The minimum absolute atomic E-state index is 0.0176. The third-order valence-electron chi connectivity index (χ3n) is 2.91. The Morgan fingerprint density at radius 3 is 2.30 bits per heavy atom. The number of benzene rings is 1. The van der Waals surface area contributed by atoms with Gasteiger partial charge in [-0.05, 0) is 37.8 Å². The fraction of sp³-hybridized carbons (Fsp3) is 0.571. The molecule has 5 nitrogen and oxygen atoms in total. The molecule has 20 heavy (non-hydrogen) atoms. The second kappa shape index (κ2) is 8.11. The van der Waals surface area contributed by atoms with Crippen molar-refractivity contribution in [2.75, 3.05) is 19.0 Å². The number of rotatable bonds is 9. The lowest BCUT2D eigenvalue weighted by molar-refractivity contribution is 0.257. The molecule has 0 saturated heterocycles. The largest absolute Gasteiger partial charge is 0.490 e. The summed E-state index contributed by atoms with van der Waals surface area (Å²) in [6.45, 7) is 5.02. The molecule has 0 saturated carbocycles. The molecule has 1 atom stereocenters. The van der Waals surface area contributed by atoms with Crippen LogP contribution in [0.15, 0.2) is 24.3 Å². The van der Waals surface area contributed by atoms with Crippen molar-refractivity contribution in [3.05, 3.63) is 24.3 Å². The Bertz CT molecular complexity index is 502. The van der Waals surface area contributed by atoms with E-state index in [1.165, 1.54) is 0 Å². The first-order valence-electron chi connectivity index (χ1n) is 6.77. The van der Waals surface area contributed by atoms with Gasteiger partial charge >= 0.3 is 0 Å². The smallest absolute Gasteiger partial charge is 0.209 e. The van der Waals surface area contributed by atoms with Crippen LogP contribution in [0.25, 0.3) is 0 Å². The first-order valence-corrected chi connectivity index (χ1v) is 8.49. The van der Waals surface area contributed by atoms with Gasteiger partial charge in [-0.25, -0.2) is 13.6 Å². The third kappa shape index (κ3) is 6.77. The molecule has 0 bridgehead atoms. The van der Waals surface area contributed by atoms with E-state index in [9.17, 15) is 8.42 Å². The fourth-order valence-electron chi connectivity index (χ4n) is 1.72. The Morgan fingerprint density at radius 2 is 1.75 bits per heavy atom. The van der Waals surface area contributed by atoms with Gasteiger partial charge in [0, 0.05) is 0 Å². The highest BCUT2D eigenvalue weighted by Gasteiger charge is 2.09. The van der Waals surface area contributed by atoms with Gasteiger partial charge in [-0.3, -0.25) is 0 Å². The van der Waals surface area contributed by atoms with Crippen LogP contribution in [0.1, 0.15) is 26.7 Å². The molecule has 1 aromatic carbocycles. The number of primary sulfonamides is 1. The zero-order chi connectivity index (χ0) is 15.0. The molecule has 0 aromatic heterocycles. The van der Waals surface area contributed by atoms with E-state index in [1.807, 2.05) is 38.1 Å². The second-order valence-electron chi connectivity index (χ2n) is 4.78. The Morgan fingerprint density at radius 1 is 1.15 bits per heavy atom. The molecule has 0 fully saturated rings. The average Bonchev–Trinajstić information content (AvgIpc) is 2.38. The maximum atomic E-state index is 10.9. The molecule has 0 spiro atoms. The zero-order valence-electron chi connectivity index (χ0n) is 12.0. The lowest BCUT2D eigenvalue weighted by Crippen LogP contribution is -2.18. The maximum Gasteiger partial charge on any atom is 0.209 e. The normalized spacial score (nSPS) is 12.9. The SMILES string of the molecule is CCOc1ccccc1OCCC(C)CCS(N)(=O)=O. The van der Waals surface area contributed by atoms with Crippen LogP contribution in [0.5, 0.6) is 11.5 Å². The van der Waals surface area contributed by atoms with Gasteiger partial charge in [0.15, 0.2) is 11.5 Å². The van der Waals surface area contributed by atoms with Crippen LogP contribution in [-0.2, 0) is 10.0 Å². The summed E-state index contributed by atoms with van der Waals surface area (Å²) in [7, 11) is -3.37. The van der Waals surface area contributed by atoms with E-state index in [-0.39, 0.29) is 11.7 Å². The second-order valence-corrected chi connectivity index (χ2v) is 6.51. The van der Waals surface area contributed by atoms with Crippen LogP contribution in [0, 0.1) is 5.92 Å². The molecule has 0 aliphatic carbocycles. The van der Waals surface area contributed by atoms with Crippen LogP contribution >= 0.6 is 0 Å². The topological polar surface area (TPSA) is 78.6 Å². The molecule has 0 aliphatic heterocycles. The van der Waals surface area contributed by atoms with Crippen LogP contribution in [0.2, 0.25) is 0 Å². The summed E-state index contributed by atoms with van der Waals surface area (Å²) in [6, 6.07) is 7.51. The van der Waals surface area contributed by atoms with Gasteiger partial charge in [-0.2, -0.15) is 0 Å². The Kier molecular flexibility index (Phi) is 6.81. The van der Waals surface area contributed by atoms with Gasteiger partial charge in [0.05, 0.1) is 19.0 Å². The van der Waals surface area contributed by atoms with Crippen molar-refractivity contribution in [2.24, 2.45) is 11.1 Å². The van der Waals surface area contributed by atoms with Crippen molar-refractivity contribution in [1.82, 2.24) is 0 Å². The van der Waals surface area contributed by atoms with Crippen LogP contribution in [0.4, 0.5) is 0 Å². The average molecular weight is 301 g/mol. The lowest BCUT2D eigenvalue weighted by atomic mass is 10.1. The summed E-state index contributed by atoms with van der Waals surface area (Å²) in [4.78, 5) is 0. The van der Waals surface area contributed by atoms with Crippen molar-refractivity contribution in [1.29, 1.82) is 0 Å². The molecule has 1 rings (SSSR count). The molecule has 1 unspecified atom stereocenters. The van der Waals surface area contributed by atoms with E-state index in [2.05, 4.69) is 0 Å². The third-order valence-corrected chi connectivity index (χ3v) is 3.72. The van der Waals surface area contributed by atoms with E-state index >= 15 is 0 Å². The number of hydrogen-bond acceptors (Lipinski definition) is 4. The van der Waals surface area contributed by atoms with Crippen molar-refractivity contribution >= 4 is 10.0 Å². The first kappa shape index (κ1) is 16.8. The highest BCUT2D eigenvalue weighted by atomic mass is 32.2. The highest BCUT2D eigenvalue weighted by Crippen LogP contribution is 2.26. The molecule has 0 aliphatic rings. The number of hydrogen-bond donors (Lipinski definition) is 1. The van der Waals surface area contributed by atoms with Crippen LogP contribution in [0.3, 0.4) is 0 Å². The van der Waals surface area contributed by atoms with Gasteiger partial charge in [0.25, 0.3) is 0 Å². The Balaban J connectivity index is 2.37. The quantitative estimate of drug-likeness (QED) is 0.758. The summed E-state index contributed by atoms with van der Waals surface area (Å²) in [5, 5.41) is 4.98. The first-order chi connectivity index (χ1) is 9.42. The van der Waals surface area contributed by atoms with Crippen LogP contribution in [-0.4, -0.2) is 27.4 Å². The minimum Gasteiger partial charge on any atom is -0.490 e. The Hall–Kier alpha value is -1.27. The summed E-state index contributed by atoms with van der Waals surface area (Å²) < 4.78 is 32.9. The summed E-state index contributed by atoms with van der Waals surface area (Å²) in [6.07, 6.45) is 1.32. The van der Waals surface area contributed by atoms with Crippen molar-refractivity contribution in [3.63, 3.8) is 0 Å². The lowest BCUT2D eigenvalue weighted by Gasteiger charge is -2.14. The van der Waals surface area contributed by atoms with Gasteiger partial charge in [0.2, 0.25) is 10.0 Å². The van der Waals surface area contributed by atoms with Gasteiger partial charge in [0.1, 0.15) is 0 Å². The van der Waals surface area contributed by atoms with Crippen molar-refractivity contribution in [3.8, 4) is 11.5 Å². The van der Waals surface area contributed by atoms with E-state index in [1.54, 1.807) is 0 Å². The van der Waals surface area contributed by atoms with Gasteiger partial charge < -0.3 is 9.47 Å². The van der Waals surface area contributed by atoms with E-state index in [4.69, 9.17) is 14.6 Å².